The zero-order valence-electron chi connectivity index (χ0n) is 14.8. The normalized spacial score (nSPS) is 15.8. The predicted octanol–water partition coefficient (Wildman–Crippen LogP) is 3.98. The number of pyridine rings is 1. The lowest BCUT2D eigenvalue weighted by atomic mass is 10.2. The zero-order chi connectivity index (χ0) is 18.9. The van der Waals surface area contributed by atoms with Crippen LogP contribution in [0.2, 0.25) is 0 Å². The highest BCUT2D eigenvalue weighted by Crippen LogP contribution is 2.34. The van der Waals surface area contributed by atoms with Gasteiger partial charge >= 0.3 is 6.18 Å². The minimum atomic E-state index is -4.52. The fraction of sp³-hybridized carbons (Fsp3) is 0.529. The van der Waals surface area contributed by atoms with Crippen LogP contribution in [0, 0.1) is 5.92 Å². The van der Waals surface area contributed by atoms with Gasteiger partial charge in [0.15, 0.2) is 5.82 Å². The average Bonchev–Trinajstić information content (AvgIpc) is 3.38. The Balaban J connectivity index is 1.96. The molecule has 0 spiro atoms. The van der Waals surface area contributed by atoms with E-state index >= 15 is 0 Å². The number of nitrogens with zero attached hydrogens (tertiary/aromatic N) is 4. The van der Waals surface area contributed by atoms with Gasteiger partial charge in [0, 0.05) is 12.1 Å². The van der Waals surface area contributed by atoms with E-state index in [4.69, 9.17) is 0 Å². The number of nitrogens with one attached hydrogen (secondary N) is 2. The fourth-order valence-electron chi connectivity index (χ4n) is 2.51. The Morgan fingerprint density at radius 3 is 2.19 bits per heavy atom. The summed E-state index contributed by atoms with van der Waals surface area (Å²) in [7, 11) is 0. The van der Waals surface area contributed by atoms with Gasteiger partial charge in [-0.25, -0.2) is 4.98 Å². The summed E-state index contributed by atoms with van der Waals surface area (Å²) in [5.41, 5.74) is -0.925. The number of rotatable bonds is 6. The van der Waals surface area contributed by atoms with Crippen molar-refractivity contribution in [2.24, 2.45) is 5.92 Å². The van der Waals surface area contributed by atoms with E-state index in [1.807, 2.05) is 20.8 Å². The molecule has 2 N–H and O–H groups in total. The molecule has 2 aromatic rings. The van der Waals surface area contributed by atoms with E-state index < -0.39 is 11.9 Å². The Hall–Kier alpha value is -2.45. The summed E-state index contributed by atoms with van der Waals surface area (Å²) in [5.74, 6) is 1.30. The van der Waals surface area contributed by atoms with Crippen LogP contribution in [0.25, 0.3) is 11.5 Å². The van der Waals surface area contributed by atoms with Gasteiger partial charge in [0.05, 0.1) is 0 Å². The molecule has 0 bridgehead atoms. The van der Waals surface area contributed by atoms with Crippen LogP contribution in [0.5, 0.6) is 0 Å². The molecule has 0 radical (unpaired) electrons. The Bertz CT molecular complexity index is 773. The summed E-state index contributed by atoms with van der Waals surface area (Å²) in [6.07, 6.45) is -2.22. The van der Waals surface area contributed by atoms with Gasteiger partial charge in [0.25, 0.3) is 0 Å². The summed E-state index contributed by atoms with van der Waals surface area (Å²) in [4.78, 5) is 16.5. The summed E-state index contributed by atoms with van der Waals surface area (Å²) in [6, 6.07) is 3.93. The largest absolute Gasteiger partial charge is 0.433 e. The molecule has 1 fully saturated rings. The van der Waals surface area contributed by atoms with Gasteiger partial charge in [0.2, 0.25) is 11.9 Å². The van der Waals surface area contributed by atoms with Crippen molar-refractivity contribution in [3.05, 3.63) is 23.9 Å². The van der Waals surface area contributed by atoms with Gasteiger partial charge in [-0.1, -0.05) is 6.07 Å². The van der Waals surface area contributed by atoms with Gasteiger partial charge in [-0.05, 0) is 51.7 Å². The third-order valence-corrected chi connectivity index (χ3v) is 4.01. The van der Waals surface area contributed by atoms with E-state index in [0.717, 1.165) is 18.9 Å². The summed E-state index contributed by atoms with van der Waals surface area (Å²) < 4.78 is 38.8. The molecule has 0 aromatic carbocycles. The number of hydrogen-bond donors (Lipinski definition) is 2. The quantitative estimate of drug-likeness (QED) is 0.805. The van der Waals surface area contributed by atoms with Gasteiger partial charge in [-0.2, -0.15) is 28.1 Å². The Morgan fingerprint density at radius 2 is 1.62 bits per heavy atom. The maximum absolute atomic E-state index is 12.9. The van der Waals surface area contributed by atoms with Crippen molar-refractivity contribution >= 4 is 11.9 Å². The molecule has 140 valence electrons. The molecule has 2 aromatic heterocycles. The Morgan fingerprint density at radius 1 is 0.962 bits per heavy atom. The molecule has 1 aliphatic carbocycles. The first-order valence-corrected chi connectivity index (χ1v) is 8.56. The SMILES string of the molecule is CC(C)Nc1nc(N[C@H](C)C2CC2)nc(-c2cccc(C(F)(F)F)n2)n1. The summed E-state index contributed by atoms with van der Waals surface area (Å²) in [5, 5.41) is 6.29. The molecule has 2 heterocycles. The van der Waals surface area contributed by atoms with Crippen LogP contribution < -0.4 is 10.6 Å². The highest BCUT2D eigenvalue weighted by Gasteiger charge is 2.33. The highest BCUT2D eigenvalue weighted by molar-refractivity contribution is 5.54. The summed E-state index contributed by atoms with van der Waals surface area (Å²) >= 11 is 0. The van der Waals surface area contributed by atoms with Crippen molar-refractivity contribution in [3.63, 3.8) is 0 Å². The number of hydrogen-bond acceptors (Lipinski definition) is 6. The Labute approximate surface area is 149 Å². The van der Waals surface area contributed by atoms with Crippen molar-refractivity contribution in [3.8, 4) is 11.5 Å². The van der Waals surface area contributed by atoms with Crippen molar-refractivity contribution in [2.45, 2.75) is 51.9 Å². The van der Waals surface area contributed by atoms with Crippen LogP contribution in [0.1, 0.15) is 39.3 Å². The molecule has 0 aliphatic heterocycles. The molecule has 0 saturated heterocycles. The zero-order valence-corrected chi connectivity index (χ0v) is 14.8. The van der Waals surface area contributed by atoms with E-state index in [1.54, 1.807) is 0 Å². The second-order valence-corrected chi connectivity index (χ2v) is 6.78. The van der Waals surface area contributed by atoms with Gasteiger partial charge in [-0.3, -0.25) is 0 Å². The third-order valence-electron chi connectivity index (χ3n) is 4.01. The van der Waals surface area contributed by atoms with Crippen molar-refractivity contribution in [1.82, 2.24) is 19.9 Å². The topological polar surface area (TPSA) is 75.6 Å². The first kappa shape index (κ1) is 18.3. The predicted molar refractivity (Wildman–Crippen MR) is 92.6 cm³/mol. The molecule has 9 heteroatoms. The molecule has 26 heavy (non-hydrogen) atoms. The van der Waals surface area contributed by atoms with E-state index in [9.17, 15) is 13.2 Å². The van der Waals surface area contributed by atoms with Gasteiger partial charge < -0.3 is 10.6 Å². The van der Waals surface area contributed by atoms with Crippen molar-refractivity contribution in [1.29, 1.82) is 0 Å². The van der Waals surface area contributed by atoms with Crippen LogP contribution in [-0.4, -0.2) is 32.0 Å². The van der Waals surface area contributed by atoms with Crippen LogP contribution in [0.4, 0.5) is 25.1 Å². The molecule has 3 rings (SSSR count). The number of halogens is 3. The highest BCUT2D eigenvalue weighted by atomic mass is 19.4. The van der Waals surface area contributed by atoms with Crippen molar-refractivity contribution in [2.75, 3.05) is 10.6 Å². The van der Waals surface area contributed by atoms with Gasteiger partial charge in [0.1, 0.15) is 11.4 Å². The molecular formula is C17H21F3N6. The third kappa shape index (κ3) is 4.59. The lowest BCUT2D eigenvalue weighted by molar-refractivity contribution is -0.141. The number of aromatic nitrogens is 4. The molecule has 1 atom stereocenters. The lowest BCUT2D eigenvalue weighted by Gasteiger charge is -2.15. The van der Waals surface area contributed by atoms with Gasteiger partial charge in [-0.15, -0.1) is 0 Å². The molecule has 1 saturated carbocycles. The maximum atomic E-state index is 12.9. The van der Waals surface area contributed by atoms with E-state index in [0.29, 0.717) is 17.8 Å². The summed E-state index contributed by atoms with van der Waals surface area (Å²) in [6.45, 7) is 5.89. The van der Waals surface area contributed by atoms with Crippen molar-refractivity contribution < 1.29 is 13.2 Å². The Kier molecular flexibility index (Phi) is 4.97. The van der Waals surface area contributed by atoms with Crippen LogP contribution in [0.3, 0.4) is 0 Å². The first-order chi connectivity index (χ1) is 12.2. The van der Waals surface area contributed by atoms with Crippen LogP contribution >= 0.6 is 0 Å². The van der Waals surface area contributed by atoms with Crippen LogP contribution in [-0.2, 0) is 6.18 Å². The first-order valence-electron chi connectivity index (χ1n) is 8.56. The van der Waals surface area contributed by atoms with Crippen LogP contribution in [0.15, 0.2) is 18.2 Å². The monoisotopic (exact) mass is 366 g/mol. The standard InChI is InChI=1S/C17H21F3N6/c1-9(2)21-15-24-14(12-5-4-6-13(23-12)17(18,19)20)25-16(26-15)22-10(3)11-7-8-11/h4-6,9-11H,7-8H2,1-3H3,(H2,21,22,24,25,26)/t10-/m1/s1. The molecule has 0 unspecified atom stereocenters. The second-order valence-electron chi connectivity index (χ2n) is 6.78. The second kappa shape index (κ2) is 7.05. The minimum Gasteiger partial charge on any atom is -0.352 e. The lowest BCUT2D eigenvalue weighted by Crippen LogP contribution is -2.21. The smallest absolute Gasteiger partial charge is 0.352 e. The molecule has 6 nitrogen and oxygen atoms in total. The maximum Gasteiger partial charge on any atom is 0.433 e. The number of alkyl halides is 3. The minimum absolute atomic E-state index is 0.0520. The van der Waals surface area contributed by atoms with E-state index in [-0.39, 0.29) is 23.6 Å². The molecule has 0 amide bonds. The number of anilines is 2. The van der Waals surface area contributed by atoms with E-state index in [2.05, 4.69) is 30.6 Å². The molecular weight excluding hydrogens is 345 g/mol. The average molecular weight is 366 g/mol. The molecule has 1 aliphatic rings. The van der Waals surface area contributed by atoms with E-state index in [1.165, 1.54) is 12.1 Å². The fourth-order valence-corrected chi connectivity index (χ4v) is 2.51.